The van der Waals surface area contributed by atoms with Crippen molar-refractivity contribution in [1.82, 2.24) is 25.1 Å². The number of piperidine rings is 1. The molecule has 0 aliphatic carbocycles. The molecule has 3 heterocycles. The number of nitrogens with zero attached hydrogens (tertiary/aromatic N) is 5. The van der Waals surface area contributed by atoms with Gasteiger partial charge in [0, 0.05) is 6.54 Å². The molecular weight excluding hydrogens is 292 g/mol. The molecule has 23 heavy (non-hydrogen) atoms. The van der Waals surface area contributed by atoms with Gasteiger partial charge in [-0.1, -0.05) is 0 Å². The molecule has 1 aliphatic rings. The number of aromatic nitrogens is 4. The molecule has 1 aliphatic heterocycles. The number of hydrogen-bond acceptors (Lipinski definition) is 5. The lowest BCUT2D eigenvalue weighted by Gasteiger charge is -2.33. The number of aryl methyl sites for hydroxylation is 2. The van der Waals surface area contributed by atoms with E-state index in [1.54, 1.807) is 24.0 Å². The lowest BCUT2D eigenvalue weighted by molar-refractivity contribution is 0.0594. The van der Waals surface area contributed by atoms with Gasteiger partial charge in [-0.05, 0) is 45.2 Å². The summed E-state index contributed by atoms with van der Waals surface area (Å²) in [5.41, 5.74) is 1.42. The van der Waals surface area contributed by atoms with Crippen LogP contribution in [0.4, 0.5) is 0 Å². The average molecular weight is 310 g/mol. The molecule has 1 N–H and O–H groups in total. The number of pyridine rings is 1. The fraction of sp³-hybridized carbons (Fsp3) is 0.438. The van der Waals surface area contributed by atoms with Crippen molar-refractivity contribution in [3.63, 3.8) is 0 Å². The molecule has 1 amide bonds. The molecule has 7 nitrogen and oxygen atoms in total. The first-order valence-corrected chi connectivity index (χ1v) is 7.68. The first kappa shape index (κ1) is 15.2. The second-order valence-electron chi connectivity index (χ2n) is 5.73. The highest BCUT2D eigenvalue weighted by Gasteiger charge is 2.31. The number of amides is 1. The van der Waals surface area contributed by atoms with Crippen LogP contribution in [-0.4, -0.2) is 37.5 Å². The summed E-state index contributed by atoms with van der Waals surface area (Å²) in [7, 11) is 0. The highest BCUT2D eigenvalue weighted by Crippen LogP contribution is 2.30. The number of aromatic amines is 1. The number of nitriles is 1. The Morgan fingerprint density at radius 3 is 2.83 bits per heavy atom. The van der Waals surface area contributed by atoms with Crippen LogP contribution < -0.4 is 0 Å². The molecule has 1 saturated heterocycles. The van der Waals surface area contributed by atoms with Crippen molar-refractivity contribution in [3.05, 3.63) is 40.7 Å². The van der Waals surface area contributed by atoms with E-state index in [0.717, 1.165) is 25.1 Å². The van der Waals surface area contributed by atoms with E-state index in [-0.39, 0.29) is 11.9 Å². The topological polar surface area (TPSA) is 98.6 Å². The Kier molecular flexibility index (Phi) is 4.06. The first-order chi connectivity index (χ1) is 11.1. The molecule has 0 aromatic carbocycles. The number of carbonyl (C=O) groups is 1. The Morgan fingerprint density at radius 2 is 2.17 bits per heavy atom. The van der Waals surface area contributed by atoms with Crippen molar-refractivity contribution < 1.29 is 4.79 Å². The van der Waals surface area contributed by atoms with Gasteiger partial charge in [-0.15, -0.1) is 0 Å². The van der Waals surface area contributed by atoms with Crippen LogP contribution in [0.15, 0.2) is 12.1 Å². The Hall–Kier alpha value is -2.75. The molecule has 3 rings (SSSR count). The van der Waals surface area contributed by atoms with Crippen LogP contribution in [0.2, 0.25) is 0 Å². The summed E-state index contributed by atoms with van der Waals surface area (Å²) in [4.78, 5) is 23.3. The Morgan fingerprint density at radius 1 is 1.35 bits per heavy atom. The van der Waals surface area contributed by atoms with Crippen molar-refractivity contribution in [3.8, 4) is 6.07 Å². The van der Waals surface area contributed by atoms with E-state index in [1.165, 1.54) is 0 Å². The van der Waals surface area contributed by atoms with Gasteiger partial charge in [0.05, 0.1) is 17.3 Å². The van der Waals surface area contributed by atoms with E-state index in [1.807, 2.05) is 6.92 Å². The summed E-state index contributed by atoms with van der Waals surface area (Å²) >= 11 is 0. The summed E-state index contributed by atoms with van der Waals surface area (Å²) < 4.78 is 0. The molecule has 0 radical (unpaired) electrons. The molecule has 0 saturated carbocycles. The minimum atomic E-state index is -0.134. The summed E-state index contributed by atoms with van der Waals surface area (Å²) in [5.74, 6) is 1.26. The predicted molar refractivity (Wildman–Crippen MR) is 82.4 cm³/mol. The molecule has 1 fully saturated rings. The van der Waals surface area contributed by atoms with Gasteiger partial charge in [0.2, 0.25) is 0 Å². The Balaban J connectivity index is 1.90. The maximum absolute atomic E-state index is 12.9. The zero-order valence-corrected chi connectivity index (χ0v) is 13.2. The summed E-state index contributed by atoms with van der Waals surface area (Å²) in [6.45, 7) is 4.25. The molecule has 7 heteroatoms. The molecule has 1 atom stereocenters. The molecular formula is C16H18N6O. The van der Waals surface area contributed by atoms with E-state index in [0.29, 0.717) is 29.3 Å². The molecule has 1 unspecified atom stereocenters. The number of likely N-dealkylation sites (tertiary alicyclic amines) is 1. The van der Waals surface area contributed by atoms with Crippen molar-refractivity contribution in [2.45, 2.75) is 39.2 Å². The van der Waals surface area contributed by atoms with Crippen molar-refractivity contribution in [2.75, 3.05) is 6.54 Å². The van der Waals surface area contributed by atoms with Crippen LogP contribution in [0.1, 0.15) is 58.7 Å². The van der Waals surface area contributed by atoms with E-state index in [4.69, 9.17) is 5.26 Å². The number of nitrogens with one attached hydrogen (secondary N) is 1. The molecule has 0 bridgehead atoms. The van der Waals surface area contributed by atoms with E-state index in [2.05, 4.69) is 26.2 Å². The molecule has 0 spiro atoms. The Labute approximate surface area is 134 Å². The number of H-pyrrole nitrogens is 1. The SMILES string of the molecule is Cc1nc(C2CCCCN2C(=O)c2ccc(C#N)c(C)n2)n[nH]1. The zero-order valence-electron chi connectivity index (χ0n) is 13.2. The van der Waals surface area contributed by atoms with E-state index in [9.17, 15) is 4.79 Å². The van der Waals surface area contributed by atoms with E-state index >= 15 is 0 Å². The van der Waals surface area contributed by atoms with Gasteiger partial charge in [-0.25, -0.2) is 9.97 Å². The third kappa shape index (κ3) is 2.93. The third-order valence-corrected chi connectivity index (χ3v) is 4.10. The molecule has 118 valence electrons. The predicted octanol–water partition coefficient (Wildman–Crippen LogP) is 2.06. The van der Waals surface area contributed by atoms with Gasteiger partial charge in [-0.2, -0.15) is 10.4 Å². The lowest BCUT2D eigenvalue weighted by Crippen LogP contribution is -2.39. The summed E-state index contributed by atoms with van der Waals surface area (Å²) in [6, 6.07) is 5.20. The van der Waals surface area contributed by atoms with E-state index < -0.39 is 0 Å². The van der Waals surface area contributed by atoms with Crippen LogP contribution in [0.3, 0.4) is 0 Å². The molecule has 2 aromatic rings. The first-order valence-electron chi connectivity index (χ1n) is 7.68. The second-order valence-corrected chi connectivity index (χ2v) is 5.73. The summed E-state index contributed by atoms with van der Waals surface area (Å²) in [6.07, 6.45) is 2.85. The molecule has 2 aromatic heterocycles. The van der Waals surface area contributed by atoms with Crippen molar-refractivity contribution in [1.29, 1.82) is 5.26 Å². The monoisotopic (exact) mass is 310 g/mol. The maximum atomic E-state index is 12.9. The van der Waals surface area contributed by atoms with Gasteiger partial charge >= 0.3 is 0 Å². The minimum absolute atomic E-state index is 0.126. The van der Waals surface area contributed by atoms with Crippen molar-refractivity contribution >= 4 is 5.91 Å². The second kappa shape index (κ2) is 6.16. The van der Waals surface area contributed by atoms with Crippen LogP contribution in [0, 0.1) is 25.2 Å². The van der Waals surface area contributed by atoms with Gasteiger partial charge < -0.3 is 4.90 Å². The third-order valence-electron chi connectivity index (χ3n) is 4.10. The lowest BCUT2D eigenvalue weighted by atomic mass is 10.0. The maximum Gasteiger partial charge on any atom is 0.273 e. The summed E-state index contributed by atoms with van der Waals surface area (Å²) in [5, 5.41) is 16.0. The number of rotatable bonds is 2. The normalized spacial score (nSPS) is 17.8. The fourth-order valence-electron chi connectivity index (χ4n) is 2.90. The van der Waals surface area contributed by atoms with Gasteiger partial charge in [0.15, 0.2) is 5.82 Å². The smallest absolute Gasteiger partial charge is 0.273 e. The number of hydrogen-bond donors (Lipinski definition) is 1. The largest absolute Gasteiger partial charge is 0.327 e. The van der Waals surface area contributed by atoms with Gasteiger partial charge in [-0.3, -0.25) is 9.89 Å². The highest BCUT2D eigenvalue weighted by molar-refractivity contribution is 5.92. The average Bonchev–Trinajstić information content (AvgIpc) is 3.00. The van der Waals surface area contributed by atoms with Gasteiger partial charge in [0.1, 0.15) is 17.6 Å². The van der Waals surface area contributed by atoms with Crippen LogP contribution in [0.5, 0.6) is 0 Å². The Bertz CT molecular complexity index is 775. The van der Waals surface area contributed by atoms with Crippen LogP contribution >= 0.6 is 0 Å². The van der Waals surface area contributed by atoms with Crippen molar-refractivity contribution in [2.24, 2.45) is 0 Å². The zero-order chi connectivity index (χ0) is 16.4. The fourth-order valence-corrected chi connectivity index (χ4v) is 2.90. The highest BCUT2D eigenvalue weighted by atomic mass is 16.2. The van der Waals surface area contributed by atoms with Gasteiger partial charge in [0.25, 0.3) is 5.91 Å². The standard InChI is InChI=1S/C16H18N6O/c1-10-12(9-17)6-7-13(18-10)16(23)22-8-4-3-5-14(22)15-19-11(2)20-21-15/h6-7,14H,3-5,8H2,1-2H3,(H,19,20,21). The van der Waals surface area contributed by atoms with Crippen LogP contribution in [-0.2, 0) is 0 Å². The number of carbonyl (C=O) groups excluding carboxylic acids is 1. The quantitative estimate of drug-likeness (QED) is 0.915. The van der Waals surface area contributed by atoms with Crippen LogP contribution in [0.25, 0.3) is 0 Å². The minimum Gasteiger partial charge on any atom is -0.327 e.